The number of allylic oxidation sites excluding steroid dienone is 3. The zero-order valence-corrected chi connectivity index (χ0v) is 16.4. The van der Waals surface area contributed by atoms with E-state index in [1.807, 2.05) is 19.1 Å². The molecular weight excluding hydrogens is 343 g/mol. The van der Waals surface area contributed by atoms with Crippen molar-refractivity contribution in [3.8, 4) is 0 Å². The third-order valence-corrected chi connectivity index (χ3v) is 5.66. The minimum absolute atomic E-state index is 0.0236. The molecule has 1 aliphatic heterocycles. The van der Waals surface area contributed by atoms with Crippen molar-refractivity contribution in [2.24, 2.45) is 10.5 Å². The first-order valence-electron chi connectivity index (χ1n) is 9.40. The summed E-state index contributed by atoms with van der Waals surface area (Å²) in [5.74, 6) is -0.542. The fourth-order valence-corrected chi connectivity index (χ4v) is 4.01. The number of carbonyl (C=O) groups excluding carboxylic acids is 1. The summed E-state index contributed by atoms with van der Waals surface area (Å²) >= 11 is 0. The summed E-state index contributed by atoms with van der Waals surface area (Å²) in [6.45, 7) is 7.74. The average Bonchev–Trinajstić information content (AvgIpc) is 3.03. The number of hydrazone groups is 1. The zero-order valence-electron chi connectivity index (χ0n) is 16.4. The van der Waals surface area contributed by atoms with Crippen molar-refractivity contribution in [3.63, 3.8) is 0 Å². The molecule has 1 N–H and O–H groups in total. The van der Waals surface area contributed by atoms with Crippen LogP contribution in [-0.4, -0.2) is 27.8 Å². The van der Waals surface area contributed by atoms with Gasteiger partial charge in [0.2, 0.25) is 5.91 Å². The van der Waals surface area contributed by atoms with Crippen molar-refractivity contribution in [2.75, 3.05) is 0 Å². The molecular formula is C22H27FN2O2. The number of rotatable bonds is 3. The first kappa shape index (κ1) is 19.5. The largest absolute Gasteiger partial charge is 0.389 e. The lowest BCUT2D eigenvalue weighted by atomic mass is 9.71. The molecule has 1 aliphatic carbocycles. The van der Waals surface area contributed by atoms with Crippen molar-refractivity contribution >= 4 is 11.6 Å². The number of halogens is 1. The Balaban J connectivity index is 1.89. The summed E-state index contributed by atoms with van der Waals surface area (Å²) < 4.78 is 14.2. The zero-order chi connectivity index (χ0) is 19.8. The Morgan fingerprint density at radius 2 is 2.04 bits per heavy atom. The Kier molecular flexibility index (Phi) is 5.33. The Morgan fingerprint density at radius 3 is 2.70 bits per heavy atom. The van der Waals surface area contributed by atoms with Gasteiger partial charge in [-0.1, -0.05) is 38.1 Å². The van der Waals surface area contributed by atoms with Gasteiger partial charge < -0.3 is 5.11 Å². The van der Waals surface area contributed by atoms with Gasteiger partial charge in [0.05, 0.1) is 17.9 Å². The molecule has 0 fully saturated rings. The molecule has 4 nitrogen and oxygen atoms in total. The lowest BCUT2D eigenvalue weighted by Crippen LogP contribution is -2.27. The van der Waals surface area contributed by atoms with Gasteiger partial charge in [-0.15, -0.1) is 0 Å². The standard InChI is InChI=1S/C22H27FN2O2/c1-14-18(22(3,4)12-11-21(14)27)10-9-16-13-20(25(24-16)15(2)26)17-7-5-6-8-19(17)23/h5-10,20-21,27H,11-13H2,1-4H3/b10-9+. The fraction of sp³-hybridized carbons (Fsp3) is 0.455. The third kappa shape index (κ3) is 3.88. The number of hydrogen-bond donors (Lipinski definition) is 1. The van der Waals surface area contributed by atoms with Gasteiger partial charge in [0.1, 0.15) is 5.82 Å². The van der Waals surface area contributed by atoms with E-state index in [-0.39, 0.29) is 17.1 Å². The molecule has 0 aromatic heterocycles. The smallest absolute Gasteiger partial charge is 0.240 e. The van der Waals surface area contributed by atoms with E-state index in [1.165, 1.54) is 18.0 Å². The fourth-order valence-electron chi connectivity index (χ4n) is 4.01. The van der Waals surface area contributed by atoms with Crippen LogP contribution in [0, 0.1) is 11.2 Å². The summed E-state index contributed by atoms with van der Waals surface area (Å²) in [6, 6.07) is 6.08. The number of hydrogen-bond acceptors (Lipinski definition) is 3. The van der Waals surface area contributed by atoms with Crippen LogP contribution in [0.25, 0.3) is 0 Å². The molecule has 1 amide bonds. The van der Waals surface area contributed by atoms with Crippen LogP contribution in [0.1, 0.15) is 58.6 Å². The van der Waals surface area contributed by atoms with E-state index in [0.29, 0.717) is 12.0 Å². The van der Waals surface area contributed by atoms with Gasteiger partial charge >= 0.3 is 0 Å². The predicted molar refractivity (Wildman–Crippen MR) is 105 cm³/mol. The highest BCUT2D eigenvalue weighted by Crippen LogP contribution is 2.41. The first-order chi connectivity index (χ1) is 12.7. The molecule has 1 heterocycles. The minimum Gasteiger partial charge on any atom is -0.389 e. The van der Waals surface area contributed by atoms with Crippen LogP contribution >= 0.6 is 0 Å². The SMILES string of the molecule is CC(=O)N1N=C(/C=C/C2=C(C)C(O)CCC2(C)C)CC1c1ccccc1F. The molecule has 0 saturated heterocycles. The number of benzene rings is 1. The summed E-state index contributed by atoms with van der Waals surface area (Å²) in [7, 11) is 0. The third-order valence-electron chi connectivity index (χ3n) is 5.66. The molecule has 27 heavy (non-hydrogen) atoms. The van der Waals surface area contributed by atoms with Gasteiger partial charge in [-0.3, -0.25) is 4.79 Å². The molecule has 0 spiro atoms. The molecule has 1 aromatic rings. The van der Waals surface area contributed by atoms with Gasteiger partial charge in [0.25, 0.3) is 0 Å². The first-order valence-corrected chi connectivity index (χ1v) is 9.40. The highest BCUT2D eigenvalue weighted by molar-refractivity contribution is 5.98. The van der Waals surface area contributed by atoms with Crippen molar-refractivity contribution in [3.05, 3.63) is 58.9 Å². The lowest BCUT2D eigenvalue weighted by molar-refractivity contribution is -0.130. The van der Waals surface area contributed by atoms with Crippen molar-refractivity contribution in [2.45, 2.75) is 59.1 Å². The van der Waals surface area contributed by atoms with Gasteiger partial charge in [-0.25, -0.2) is 9.40 Å². The normalized spacial score (nSPS) is 25.3. The number of aliphatic hydroxyl groups is 1. The second-order valence-electron chi connectivity index (χ2n) is 8.06. The molecule has 5 heteroatoms. The van der Waals surface area contributed by atoms with Crippen LogP contribution in [0.15, 0.2) is 52.7 Å². The maximum absolute atomic E-state index is 14.2. The Hall–Kier alpha value is -2.27. The maximum Gasteiger partial charge on any atom is 0.240 e. The summed E-state index contributed by atoms with van der Waals surface area (Å²) in [6.07, 6.45) is 5.63. The summed E-state index contributed by atoms with van der Waals surface area (Å²) in [5, 5.41) is 16.0. The van der Waals surface area contributed by atoms with Crippen LogP contribution < -0.4 is 0 Å². The molecule has 2 atom stereocenters. The highest BCUT2D eigenvalue weighted by atomic mass is 19.1. The van der Waals surface area contributed by atoms with E-state index in [0.717, 1.165) is 29.7 Å². The second kappa shape index (κ2) is 7.39. The average molecular weight is 370 g/mol. The van der Waals surface area contributed by atoms with Gasteiger partial charge in [0, 0.05) is 18.9 Å². The van der Waals surface area contributed by atoms with E-state index in [9.17, 15) is 14.3 Å². The van der Waals surface area contributed by atoms with Crippen LogP contribution in [0.4, 0.5) is 4.39 Å². The van der Waals surface area contributed by atoms with E-state index in [1.54, 1.807) is 18.2 Å². The van der Waals surface area contributed by atoms with E-state index in [4.69, 9.17) is 0 Å². The summed E-state index contributed by atoms with van der Waals surface area (Å²) in [5.41, 5.74) is 3.27. The molecule has 3 rings (SSSR count). The van der Waals surface area contributed by atoms with Crippen LogP contribution in [0.5, 0.6) is 0 Å². The van der Waals surface area contributed by atoms with E-state index >= 15 is 0 Å². The van der Waals surface area contributed by atoms with Crippen LogP contribution in [0.3, 0.4) is 0 Å². The van der Waals surface area contributed by atoms with Gasteiger partial charge in [-0.2, -0.15) is 5.10 Å². The van der Waals surface area contributed by atoms with Gasteiger partial charge in [0.15, 0.2) is 0 Å². The lowest BCUT2D eigenvalue weighted by Gasteiger charge is -2.35. The quantitative estimate of drug-likeness (QED) is 0.850. The molecule has 0 saturated carbocycles. The van der Waals surface area contributed by atoms with Crippen LogP contribution in [-0.2, 0) is 4.79 Å². The molecule has 0 bridgehead atoms. The van der Waals surface area contributed by atoms with Crippen molar-refractivity contribution < 1.29 is 14.3 Å². The Morgan fingerprint density at radius 1 is 1.33 bits per heavy atom. The van der Waals surface area contributed by atoms with Crippen molar-refractivity contribution in [1.82, 2.24) is 5.01 Å². The number of amides is 1. The van der Waals surface area contributed by atoms with E-state index in [2.05, 4.69) is 18.9 Å². The van der Waals surface area contributed by atoms with Crippen LogP contribution in [0.2, 0.25) is 0 Å². The molecule has 0 radical (unpaired) electrons. The number of carbonyl (C=O) groups is 1. The molecule has 2 unspecified atom stereocenters. The highest BCUT2D eigenvalue weighted by Gasteiger charge is 2.33. The Labute approximate surface area is 160 Å². The predicted octanol–water partition coefficient (Wildman–Crippen LogP) is 4.53. The molecule has 144 valence electrons. The summed E-state index contributed by atoms with van der Waals surface area (Å²) in [4.78, 5) is 12.0. The minimum atomic E-state index is -0.427. The monoisotopic (exact) mass is 370 g/mol. The topological polar surface area (TPSA) is 52.9 Å². The Bertz CT molecular complexity index is 838. The van der Waals surface area contributed by atoms with E-state index < -0.39 is 12.1 Å². The molecule has 1 aromatic carbocycles. The maximum atomic E-state index is 14.2. The number of aliphatic hydroxyl groups excluding tert-OH is 1. The number of nitrogens with zero attached hydrogens (tertiary/aromatic N) is 2. The van der Waals surface area contributed by atoms with Crippen molar-refractivity contribution in [1.29, 1.82) is 0 Å². The molecule has 2 aliphatic rings. The second-order valence-corrected chi connectivity index (χ2v) is 8.06. The van der Waals surface area contributed by atoms with Gasteiger partial charge in [-0.05, 0) is 48.5 Å².